The lowest BCUT2D eigenvalue weighted by atomic mass is 10.1. The molecule has 25 heavy (non-hydrogen) atoms. The maximum absolute atomic E-state index is 13.1. The van der Waals surface area contributed by atoms with Gasteiger partial charge in [-0.05, 0) is 43.7 Å². The molecule has 0 bridgehead atoms. The number of nitrogens with zero attached hydrogens (tertiary/aromatic N) is 2. The molecule has 0 aliphatic carbocycles. The average Bonchev–Trinajstić information content (AvgIpc) is 2.61. The number of ether oxygens (including phenoxy) is 1. The van der Waals surface area contributed by atoms with Crippen molar-refractivity contribution in [3.05, 3.63) is 75.6 Å². The molecule has 0 N–H and O–H groups in total. The van der Waals surface area contributed by atoms with E-state index in [1.54, 1.807) is 31.3 Å². The molecular weight excluding hydrogens is 323 g/mol. The third kappa shape index (κ3) is 3.03. The van der Waals surface area contributed by atoms with Crippen LogP contribution in [0.4, 0.5) is 4.39 Å². The smallest absolute Gasteiger partial charge is 0.339 e. The van der Waals surface area contributed by atoms with Gasteiger partial charge >= 0.3 is 5.97 Å². The van der Waals surface area contributed by atoms with E-state index < -0.39 is 5.97 Å². The highest BCUT2D eigenvalue weighted by atomic mass is 19.1. The van der Waals surface area contributed by atoms with Gasteiger partial charge in [0.25, 0.3) is 5.56 Å². The highest BCUT2D eigenvalue weighted by molar-refractivity contribution is 5.94. The Morgan fingerprint density at radius 1 is 1.24 bits per heavy atom. The van der Waals surface area contributed by atoms with Crippen molar-refractivity contribution in [2.45, 2.75) is 19.9 Å². The van der Waals surface area contributed by atoms with E-state index in [4.69, 9.17) is 4.74 Å². The summed E-state index contributed by atoms with van der Waals surface area (Å²) in [5, 5.41) is 0.336. The van der Waals surface area contributed by atoms with Crippen molar-refractivity contribution in [2.75, 3.05) is 7.11 Å². The van der Waals surface area contributed by atoms with Crippen LogP contribution >= 0.6 is 0 Å². The van der Waals surface area contributed by atoms with Crippen LogP contribution < -0.4 is 5.56 Å². The zero-order chi connectivity index (χ0) is 18.1. The van der Waals surface area contributed by atoms with Crippen LogP contribution in [0, 0.1) is 12.7 Å². The number of aryl methyl sites for hydroxylation is 1. The number of benzene rings is 1. The summed E-state index contributed by atoms with van der Waals surface area (Å²) < 4.78 is 19.4. The predicted molar refractivity (Wildman–Crippen MR) is 92.3 cm³/mol. The first kappa shape index (κ1) is 16.8. The van der Waals surface area contributed by atoms with E-state index >= 15 is 0 Å². The Balaban J connectivity index is 2.16. The molecule has 3 rings (SSSR count). The molecule has 0 fully saturated rings. The Hall–Kier alpha value is -3.02. The minimum Gasteiger partial charge on any atom is -0.465 e. The second-order valence-electron chi connectivity index (χ2n) is 5.80. The average molecular weight is 340 g/mol. The fraction of sp³-hybridized carbons (Fsp3) is 0.211. The summed E-state index contributed by atoms with van der Waals surface area (Å²) in [5.41, 5.74) is 1.81. The van der Waals surface area contributed by atoms with E-state index in [2.05, 4.69) is 4.98 Å². The van der Waals surface area contributed by atoms with Crippen LogP contribution in [-0.4, -0.2) is 22.6 Å². The fourth-order valence-electron chi connectivity index (χ4n) is 2.80. The van der Waals surface area contributed by atoms with Gasteiger partial charge in [-0.25, -0.2) is 9.18 Å². The van der Waals surface area contributed by atoms with E-state index in [0.29, 0.717) is 16.6 Å². The number of hydrogen-bond acceptors (Lipinski definition) is 4. The number of carbonyl (C=O) groups excluding carboxylic acids is 1. The number of halogens is 1. The lowest BCUT2D eigenvalue weighted by Crippen LogP contribution is -2.24. The molecule has 1 atom stereocenters. The summed E-state index contributed by atoms with van der Waals surface area (Å²) in [6, 6.07) is 8.95. The minimum absolute atomic E-state index is 0.263. The lowest BCUT2D eigenvalue weighted by Gasteiger charge is -2.16. The molecule has 0 amide bonds. The molecule has 2 aromatic heterocycles. The van der Waals surface area contributed by atoms with E-state index in [-0.39, 0.29) is 23.0 Å². The standard InChI is InChI=1S/C19H17FN2O3/c1-11-15(19(24)25-3)10-16-17(21-11)8-9-22(18(16)23)12(2)13-4-6-14(20)7-5-13/h4-10,12H,1-3H3. The second-order valence-corrected chi connectivity index (χ2v) is 5.80. The zero-order valence-corrected chi connectivity index (χ0v) is 14.1. The van der Waals surface area contributed by atoms with Gasteiger partial charge in [0.15, 0.2) is 0 Å². The van der Waals surface area contributed by atoms with Gasteiger partial charge in [-0.3, -0.25) is 9.78 Å². The molecule has 0 saturated heterocycles. The van der Waals surface area contributed by atoms with Crippen LogP contribution in [0.3, 0.4) is 0 Å². The SMILES string of the molecule is COC(=O)c1cc2c(=O)n(C(C)c3ccc(F)cc3)ccc2nc1C. The molecule has 0 spiro atoms. The molecule has 2 heterocycles. The van der Waals surface area contributed by atoms with Gasteiger partial charge in [-0.1, -0.05) is 12.1 Å². The summed E-state index contributed by atoms with van der Waals surface area (Å²) in [6.07, 6.45) is 1.66. The molecule has 0 aliphatic heterocycles. The molecule has 6 heteroatoms. The quantitative estimate of drug-likeness (QED) is 0.687. The molecule has 5 nitrogen and oxygen atoms in total. The maximum Gasteiger partial charge on any atom is 0.339 e. The molecule has 3 aromatic rings. The van der Waals surface area contributed by atoms with E-state index in [9.17, 15) is 14.0 Å². The third-order valence-corrected chi connectivity index (χ3v) is 4.28. The Morgan fingerprint density at radius 2 is 1.92 bits per heavy atom. The summed E-state index contributed by atoms with van der Waals surface area (Å²) >= 11 is 0. The second kappa shape index (κ2) is 6.47. The van der Waals surface area contributed by atoms with E-state index in [0.717, 1.165) is 5.56 Å². The number of fused-ring (bicyclic) bond motifs is 1. The number of methoxy groups -OCH3 is 1. The van der Waals surface area contributed by atoms with Crippen LogP contribution in [-0.2, 0) is 4.74 Å². The summed E-state index contributed by atoms with van der Waals surface area (Å²) in [4.78, 5) is 29.1. The lowest BCUT2D eigenvalue weighted by molar-refractivity contribution is 0.0599. The van der Waals surface area contributed by atoms with Gasteiger partial charge in [-0.15, -0.1) is 0 Å². The van der Waals surface area contributed by atoms with Crippen molar-refractivity contribution in [1.82, 2.24) is 9.55 Å². The molecule has 0 radical (unpaired) electrons. The van der Waals surface area contributed by atoms with Crippen LogP contribution in [0.2, 0.25) is 0 Å². The maximum atomic E-state index is 13.1. The Labute approximate surface area is 143 Å². The van der Waals surface area contributed by atoms with Gasteiger partial charge in [0.2, 0.25) is 0 Å². The Morgan fingerprint density at radius 3 is 2.56 bits per heavy atom. The summed E-state index contributed by atoms with van der Waals surface area (Å²) in [7, 11) is 1.28. The molecule has 128 valence electrons. The van der Waals surface area contributed by atoms with Crippen molar-refractivity contribution < 1.29 is 13.9 Å². The topological polar surface area (TPSA) is 61.2 Å². The van der Waals surface area contributed by atoms with Crippen LogP contribution in [0.15, 0.2) is 47.4 Å². The van der Waals surface area contributed by atoms with Crippen LogP contribution in [0.1, 0.15) is 34.6 Å². The highest BCUT2D eigenvalue weighted by Crippen LogP contribution is 2.19. The number of hydrogen-bond donors (Lipinski definition) is 0. The van der Waals surface area contributed by atoms with Crippen LogP contribution in [0.25, 0.3) is 10.9 Å². The number of pyridine rings is 2. The minimum atomic E-state index is -0.534. The predicted octanol–water partition coefficient (Wildman–Crippen LogP) is 3.24. The monoisotopic (exact) mass is 340 g/mol. The number of esters is 1. The zero-order valence-electron chi connectivity index (χ0n) is 14.1. The summed E-state index contributed by atoms with van der Waals surface area (Å²) in [6.45, 7) is 3.54. The number of aromatic nitrogens is 2. The van der Waals surface area contributed by atoms with E-state index in [1.807, 2.05) is 6.92 Å². The van der Waals surface area contributed by atoms with Crippen molar-refractivity contribution >= 4 is 16.9 Å². The van der Waals surface area contributed by atoms with Crippen LogP contribution in [0.5, 0.6) is 0 Å². The summed E-state index contributed by atoms with van der Waals surface area (Å²) in [5.74, 6) is -0.863. The van der Waals surface area contributed by atoms with Gasteiger partial charge in [0, 0.05) is 6.20 Å². The van der Waals surface area contributed by atoms with Crippen molar-refractivity contribution in [1.29, 1.82) is 0 Å². The van der Waals surface area contributed by atoms with Gasteiger partial charge < -0.3 is 9.30 Å². The van der Waals surface area contributed by atoms with Crippen molar-refractivity contribution in [3.8, 4) is 0 Å². The van der Waals surface area contributed by atoms with Gasteiger partial charge in [0.05, 0.1) is 35.3 Å². The Bertz CT molecular complexity index is 1010. The normalized spacial score (nSPS) is 12.2. The highest BCUT2D eigenvalue weighted by Gasteiger charge is 2.16. The number of carbonyl (C=O) groups is 1. The Kier molecular flexibility index (Phi) is 4.35. The first-order valence-corrected chi connectivity index (χ1v) is 7.78. The third-order valence-electron chi connectivity index (χ3n) is 4.28. The molecular formula is C19H17FN2O3. The fourth-order valence-corrected chi connectivity index (χ4v) is 2.80. The molecule has 1 aromatic carbocycles. The first-order chi connectivity index (χ1) is 11.9. The molecule has 0 saturated carbocycles. The molecule has 0 aliphatic rings. The van der Waals surface area contributed by atoms with Crippen molar-refractivity contribution in [3.63, 3.8) is 0 Å². The largest absolute Gasteiger partial charge is 0.465 e. The van der Waals surface area contributed by atoms with Gasteiger partial charge in [-0.2, -0.15) is 0 Å². The van der Waals surface area contributed by atoms with Crippen molar-refractivity contribution in [2.24, 2.45) is 0 Å². The van der Waals surface area contributed by atoms with E-state index in [1.165, 1.54) is 29.9 Å². The van der Waals surface area contributed by atoms with Gasteiger partial charge in [0.1, 0.15) is 5.82 Å². The first-order valence-electron chi connectivity index (χ1n) is 7.78. The molecule has 1 unspecified atom stereocenters. The number of rotatable bonds is 3.